The van der Waals surface area contributed by atoms with E-state index in [2.05, 4.69) is 42.0 Å². The molecule has 0 aliphatic heterocycles. The lowest BCUT2D eigenvalue weighted by Gasteiger charge is -2.23. The number of hydrogen-bond donors (Lipinski definition) is 1. The molecular weight excluding hydrogens is 264 g/mol. The van der Waals surface area contributed by atoms with Gasteiger partial charge in [0.05, 0.1) is 6.10 Å². The van der Waals surface area contributed by atoms with Crippen molar-refractivity contribution in [3.8, 4) is 5.88 Å². The lowest BCUT2D eigenvalue weighted by Crippen LogP contribution is -2.17. The average Bonchev–Trinajstić information content (AvgIpc) is 2.40. The predicted octanol–water partition coefficient (Wildman–Crippen LogP) is 3.23. The van der Waals surface area contributed by atoms with Crippen molar-refractivity contribution in [2.75, 3.05) is 17.7 Å². The maximum Gasteiger partial charge on any atom is 0.242 e. The normalized spacial score (nSPS) is 10.8. The Bertz CT molecular complexity index is 640. The first-order valence-electron chi connectivity index (χ1n) is 6.98. The molecule has 0 bridgehead atoms. The third kappa shape index (κ3) is 3.24. The molecule has 0 radical (unpaired) electrons. The topological polar surface area (TPSA) is 64.3 Å². The predicted molar refractivity (Wildman–Crippen MR) is 86.2 cm³/mol. The van der Waals surface area contributed by atoms with Crippen LogP contribution in [0.2, 0.25) is 0 Å². The van der Waals surface area contributed by atoms with Crippen molar-refractivity contribution in [2.45, 2.75) is 33.8 Å². The molecule has 1 heterocycles. The standard InChI is InChI=1S/C16H22N4O/c1-10(2)21-16-14(17)15(18-9-19-16)20(5)13-7-6-11(3)8-12(13)4/h6-10H,17H2,1-5H3. The minimum atomic E-state index is 0.0152. The Labute approximate surface area is 125 Å². The van der Waals surface area contributed by atoms with E-state index in [4.69, 9.17) is 10.5 Å². The van der Waals surface area contributed by atoms with Gasteiger partial charge in [-0.3, -0.25) is 0 Å². The van der Waals surface area contributed by atoms with E-state index in [-0.39, 0.29) is 6.10 Å². The summed E-state index contributed by atoms with van der Waals surface area (Å²) >= 11 is 0. The number of aromatic nitrogens is 2. The summed E-state index contributed by atoms with van der Waals surface area (Å²) in [6.45, 7) is 8.02. The third-order valence-electron chi connectivity index (χ3n) is 3.21. The number of anilines is 3. The number of ether oxygens (including phenoxy) is 1. The highest BCUT2D eigenvalue weighted by Gasteiger charge is 2.16. The Kier molecular flexibility index (Phi) is 4.31. The second kappa shape index (κ2) is 5.99. The molecule has 0 aliphatic carbocycles. The molecule has 0 unspecified atom stereocenters. The van der Waals surface area contributed by atoms with Gasteiger partial charge in [-0.2, -0.15) is 4.98 Å². The minimum absolute atomic E-state index is 0.0152. The van der Waals surface area contributed by atoms with Crippen molar-refractivity contribution in [3.63, 3.8) is 0 Å². The van der Waals surface area contributed by atoms with Crippen LogP contribution in [0, 0.1) is 13.8 Å². The number of rotatable bonds is 4. The van der Waals surface area contributed by atoms with Crippen LogP contribution in [0.5, 0.6) is 5.88 Å². The van der Waals surface area contributed by atoms with Crippen LogP contribution in [-0.2, 0) is 0 Å². The highest BCUT2D eigenvalue weighted by molar-refractivity contribution is 5.75. The van der Waals surface area contributed by atoms with Crippen LogP contribution in [0.4, 0.5) is 17.2 Å². The summed E-state index contributed by atoms with van der Waals surface area (Å²) in [6.07, 6.45) is 1.49. The largest absolute Gasteiger partial charge is 0.473 e. The summed E-state index contributed by atoms with van der Waals surface area (Å²) in [5, 5.41) is 0. The number of nitrogens with zero attached hydrogens (tertiary/aromatic N) is 3. The van der Waals surface area contributed by atoms with Crippen LogP contribution in [0.15, 0.2) is 24.5 Å². The minimum Gasteiger partial charge on any atom is -0.473 e. The molecule has 2 aromatic rings. The summed E-state index contributed by atoms with van der Waals surface area (Å²) in [6, 6.07) is 6.27. The van der Waals surface area contributed by atoms with E-state index in [1.165, 1.54) is 17.5 Å². The Hall–Kier alpha value is -2.30. The van der Waals surface area contributed by atoms with Gasteiger partial charge in [-0.15, -0.1) is 0 Å². The van der Waals surface area contributed by atoms with Gasteiger partial charge in [-0.25, -0.2) is 4.98 Å². The van der Waals surface area contributed by atoms with E-state index in [1.807, 2.05) is 25.8 Å². The molecule has 2 N–H and O–H groups in total. The van der Waals surface area contributed by atoms with Gasteiger partial charge in [0.2, 0.25) is 5.88 Å². The Morgan fingerprint density at radius 2 is 1.90 bits per heavy atom. The molecule has 21 heavy (non-hydrogen) atoms. The molecule has 0 saturated heterocycles. The van der Waals surface area contributed by atoms with Gasteiger partial charge in [0.25, 0.3) is 0 Å². The van der Waals surface area contributed by atoms with E-state index < -0.39 is 0 Å². The Morgan fingerprint density at radius 3 is 2.52 bits per heavy atom. The summed E-state index contributed by atoms with van der Waals surface area (Å²) in [4.78, 5) is 10.4. The van der Waals surface area contributed by atoms with E-state index in [1.54, 1.807) is 0 Å². The molecule has 5 nitrogen and oxygen atoms in total. The summed E-state index contributed by atoms with van der Waals surface area (Å²) in [7, 11) is 1.94. The fraction of sp³-hybridized carbons (Fsp3) is 0.375. The van der Waals surface area contributed by atoms with Gasteiger partial charge in [0.1, 0.15) is 12.0 Å². The maximum atomic E-state index is 6.16. The molecule has 0 aliphatic rings. The highest BCUT2D eigenvalue weighted by atomic mass is 16.5. The molecule has 5 heteroatoms. The Balaban J connectivity index is 2.41. The number of hydrogen-bond acceptors (Lipinski definition) is 5. The molecule has 1 aromatic heterocycles. The monoisotopic (exact) mass is 286 g/mol. The van der Waals surface area contributed by atoms with Crippen LogP contribution in [-0.4, -0.2) is 23.1 Å². The van der Waals surface area contributed by atoms with E-state index in [9.17, 15) is 0 Å². The summed E-state index contributed by atoms with van der Waals surface area (Å²) in [5.41, 5.74) is 10.1. The third-order valence-corrected chi connectivity index (χ3v) is 3.21. The molecule has 1 aromatic carbocycles. The van der Waals surface area contributed by atoms with Gasteiger partial charge in [-0.05, 0) is 39.3 Å². The second-order valence-electron chi connectivity index (χ2n) is 5.43. The van der Waals surface area contributed by atoms with E-state index >= 15 is 0 Å². The average molecular weight is 286 g/mol. The first kappa shape index (κ1) is 15.1. The number of aryl methyl sites for hydroxylation is 2. The van der Waals surface area contributed by atoms with Crippen LogP contribution in [0.1, 0.15) is 25.0 Å². The van der Waals surface area contributed by atoms with E-state index in [0.717, 1.165) is 5.69 Å². The number of benzene rings is 1. The van der Waals surface area contributed by atoms with Crippen molar-refractivity contribution in [3.05, 3.63) is 35.7 Å². The first-order valence-corrected chi connectivity index (χ1v) is 6.98. The lowest BCUT2D eigenvalue weighted by molar-refractivity contribution is 0.234. The summed E-state index contributed by atoms with van der Waals surface area (Å²) in [5.74, 6) is 1.07. The van der Waals surface area contributed by atoms with Crippen LogP contribution in [0.25, 0.3) is 0 Å². The van der Waals surface area contributed by atoms with Crippen molar-refractivity contribution >= 4 is 17.2 Å². The molecule has 0 fully saturated rings. The van der Waals surface area contributed by atoms with Crippen molar-refractivity contribution in [1.29, 1.82) is 0 Å². The quantitative estimate of drug-likeness (QED) is 0.934. The van der Waals surface area contributed by atoms with Gasteiger partial charge in [-0.1, -0.05) is 17.7 Å². The molecule has 0 saturated carbocycles. The van der Waals surface area contributed by atoms with Crippen molar-refractivity contribution in [1.82, 2.24) is 9.97 Å². The summed E-state index contributed by atoms with van der Waals surface area (Å²) < 4.78 is 5.62. The molecule has 2 rings (SSSR count). The zero-order chi connectivity index (χ0) is 15.6. The molecule has 0 amide bonds. The van der Waals surface area contributed by atoms with Crippen molar-refractivity contribution < 1.29 is 4.74 Å². The number of nitrogen functional groups attached to an aromatic ring is 1. The van der Waals surface area contributed by atoms with Crippen LogP contribution >= 0.6 is 0 Å². The van der Waals surface area contributed by atoms with Crippen LogP contribution in [0.3, 0.4) is 0 Å². The lowest BCUT2D eigenvalue weighted by atomic mass is 10.1. The van der Waals surface area contributed by atoms with Crippen LogP contribution < -0.4 is 15.4 Å². The van der Waals surface area contributed by atoms with Crippen molar-refractivity contribution in [2.24, 2.45) is 0 Å². The maximum absolute atomic E-state index is 6.16. The molecule has 0 atom stereocenters. The van der Waals surface area contributed by atoms with Gasteiger partial charge < -0.3 is 15.4 Å². The molecular formula is C16H22N4O. The van der Waals surface area contributed by atoms with Gasteiger partial charge in [0.15, 0.2) is 5.82 Å². The zero-order valence-corrected chi connectivity index (χ0v) is 13.2. The van der Waals surface area contributed by atoms with Gasteiger partial charge >= 0.3 is 0 Å². The van der Waals surface area contributed by atoms with E-state index in [0.29, 0.717) is 17.4 Å². The second-order valence-corrected chi connectivity index (χ2v) is 5.43. The molecule has 0 spiro atoms. The smallest absolute Gasteiger partial charge is 0.242 e. The fourth-order valence-electron chi connectivity index (χ4n) is 2.25. The highest BCUT2D eigenvalue weighted by Crippen LogP contribution is 2.33. The van der Waals surface area contributed by atoms with Gasteiger partial charge in [0, 0.05) is 12.7 Å². The Morgan fingerprint density at radius 1 is 1.19 bits per heavy atom. The number of nitrogens with two attached hydrogens (primary N) is 1. The zero-order valence-electron chi connectivity index (χ0n) is 13.2. The molecule has 112 valence electrons. The first-order chi connectivity index (χ1) is 9.90. The SMILES string of the molecule is Cc1ccc(N(C)c2ncnc(OC(C)C)c2N)c(C)c1. The fourth-order valence-corrected chi connectivity index (χ4v) is 2.25.